The summed E-state index contributed by atoms with van der Waals surface area (Å²) in [4.78, 5) is 13.7. The number of rotatable bonds is 4. The number of hydrogen-bond donors (Lipinski definition) is 1. The van der Waals surface area contributed by atoms with E-state index in [1.54, 1.807) is 0 Å². The van der Waals surface area contributed by atoms with Gasteiger partial charge in [-0.3, -0.25) is 9.69 Å². The first-order valence-corrected chi connectivity index (χ1v) is 7.79. The smallest absolute Gasteiger partial charge is 0.221 e. The van der Waals surface area contributed by atoms with Crippen molar-refractivity contribution in [3.05, 3.63) is 47.7 Å². The van der Waals surface area contributed by atoms with Crippen LogP contribution < -0.4 is 5.73 Å². The predicted octanol–water partition coefficient (Wildman–Crippen LogP) is 2.95. The molecule has 1 saturated heterocycles. The minimum atomic E-state index is -0.173. The fraction of sp³-hybridized carbons (Fsp3) is 0.389. The summed E-state index contributed by atoms with van der Waals surface area (Å²) >= 11 is 0. The largest absolute Gasteiger partial charge is 0.461 e. The number of carbonyl (C=O) groups excluding carboxylic acids is 1. The number of furan rings is 1. The number of benzene rings is 1. The molecule has 1 aromatic heterocycles. The Balaban J connectivity index is 1.65. The van der Waals surface area contributed by atoms with Crippen molar-refractivity contribution >= 4 is 5.91 Å². The molecule has 116 valence electrons. The quantitative estimate of drug-likeness (QED) is 0.944. The van der Waals surface area contributed by atoms with Crippen molar-refractivity contribution in [2.45, 2.75) is 26.3 Å². The highest BCUT2D eigenvalue weighted by molar-refractivity contribution is 5.76. The van der Waals surface area contributed by atoms with Gasteiger partial charge in [-0.1, -0.05) is 24.3 Å². The molecule has 1 aliphatic rings. The number of carbonyl (C=O) groups is 1. The highest BCUT2D eigenvalue weighted by atomic mass is 16.3. The molecule has 1 aliphatic heterocycles. The highest BCUT2D eigenvalue weighted by Gasteiger charge is 2.23. The molecule has 0 unspecified atom stereocenters. The fourth-order valence-corrected chi connectivity index (χ4v) is 3.05. The van der Waals surface area contributed by atoms with Crippen molar-refractivity contribution in [1.29, 1.82) is 0 Å². The molecule has 1 fully saturated rings. The van der Waals surface area contributed by atoms with E-state index in [0.717, 1.165) is 49.6 Å². The van der Waals surface area contributed by atoms with E-state index in [0.29, 0.717) is 0 Å². The van der Waals surface area contributed by atoms with Gasteiger partial charge in [-0.15, -0.1) is 0 Å². The number of hydrogen-bond acceptors (Lipinski definition) is 3. The van der Waals surface area contributed by atoms with Crippen molar-refractivity contribution in [2.75, 3.05) is 13.1 Å². The predicted molar refractivity (Wildman–Crippen MR) is 86.1 cm³/mol. The number of nitrogens with two attached hydrogens (primary N) is 1. The first-order valence-electron chi connectivity index (χ1n) is 7.79. The topological polar surface area (TPSA) is 59.5 Å². The average molecular weight is 298 g/mol. The van der Waals surface area contributed by atoms with E-state index in [2.05, 4.69) is 29.2 Å². The summed E-state index contributed by atoms with van der Waals surface area (Å²) in [6, 6.07) is 12.4. The third-order valence-electron chi connectivity index (χ3n) is 4.29. The van der Waals surface area contributed by atoms with Crippen molar-refractivity contribution in [3.8, 4) is 11.3 Å². The van der Waals surface area contributed by atoms with Gasteiger partial charge in [0.25, 0.3) is 0 Å². The third kappa shape index (κ3) is 3.39. The van der Waals surface area contributed by atoms with E-state index in [1.165, 1.54) is 5.56 Å². The van der Waals surface area contributed by atoms with Gasteiger partial charge in [-0.25, -0.2) is 0 Å². The molecule has 0 aliphatic carbocycles. The standard InChI is InChI=1S/C18H22N2O2/c1-13-4-9-17(22-13)15-7-5-14(6-8-15)11-20-10-2-3-16(12-20)18(19)21/h4-9,16H,2-3,10-12H2,1H3,(H2,19,21)/t16-/m0/s1. The van der Waals surface area contributed by atoms with Gasteiger partial charge in [-0.2, -0.15) is 0 Å². The second-order valence-electron chi connectivity index (χ2n) is 6.08. The second-order valence-corrected chi connectivity index (χ2v) is 6.08. The average Bonchev–Trinajstić information content (AvgIpc) is 2.95. The lowest BCUT2D eigenvalue weighted by Crippen LogP contribution is -2.40. The SMILES string of the molecule is Cc1ccc(-c2ccc(CN3CCC[C@H](C(N)=O)C3)cc2)o1. The van der Waals surface area contributed by atoms with Gasteiger partial charge in [0.15, 0.2) is 0 Å². The normalized spacial score (nSPS) is 19.2. The molecule has 1 amide bonds. The zero-order valence-corrected chi connectivity index (χ0v) is 12.9. The van der Waals surface area contributed by atoms with Crippen molar-refractivity contribution in [3.63, 3.8) is 0 Å². The van der Waals surface area contributed by atoms with Crippen molar-refractivity contribution in [2.24, 2.45) is 11.7 Å². The van der Waals surface area contributed by atoms with E-state index in [-0.39, 0.29) is 11.8 Å². The maximum atomic E-state index is 11.3. The Morgan fingerprint density at radius 2 is 2.05 bits per heavy atom. The van der Waals surface area contributed by atoms with Crippen molar-refractivity contribution < 1.29 is 9.21 Å². The molecule has 2 aromatic rings. The van der Waals surface area contributed by atoms with E-state index in [4.69, 9.17) is 10.2 Å². The Morgan fingerprint density at radius 3 is 2.68 bits per heavy atom. The molecule has 1 atom stereocenters. The number of likely N-dealkylation sites (tertiary alicyclic amines) is 1. The molecule has 3 rings (SSSR count). The van der Waals surface area contributed by atoms with Crippen LogP contribution in [-0.4, -0.2) is 23.9 Å². The van der Waals surface area contributed by atoms with Crippen LogP contribution in [0.4, 0.5) is 0 Å². The zero-order chi connectivity index (χ0) is 15.5. The number of piperidine rings is 1. The molecule has 22 heavy (non-hydrogen) atoms. The Labute approximate surface area is 130 Å². The van der Waals surface area contributed by atoms with Crippen LogP contribution in [0.3, 0.4) is 0 Å². The lowest BCUT2D eigenvalue weighted by molar-refractivity contribution is -0.123. The number of nitrogens with zero attached hydrogens (tertiary/aromatic N) is 1. The molecule has 1 aromatic carbocycles. The minimum absolute atomic E-state index is 0.000817. The van der Waals surface area contributed by atoms with Crippen LogP contribution in [0, 0.1) is 12.8 Å². The van der Waals surface area contributed by atoms with E-state index < -0.39 is 0 Å². The van der Waals surface area contributed by atoms with Crippen LogP contribution in [0.15, 0.2) is 40.8 Å². The summed E-state index contributed by atoms with van der Waals surface area (Å²) in [5.41, 5.74) is 7.77. The summed E-state index contributed by atoms with van der Waals surface area (Å²) in [5, 5.41) is 0. The molecule has 0 bridgehead atoms. The third-order valence-corrected chi connectivity index (χ3v) is 4.29. The maximum Gasteiger partial charge on any atom is 0.221 e. The monoisotopic (exact) mass is 298 g/mol. The molecule has 2 heterocycles. The van der Waals surface area contributed by atoms with Gasteiger partial charge >= 0.3 is 0 Å². The van der Waals surface area contributed by atoms with E-state index >= 15 is 0 Å². The number of amides is 1. The second kappa shape index (κ2) is 6.36. The summed E-state index contributed by atoms with van der Waals surface area (Å²) in [7, 11) is 0. The summed E-state index contributed by atoms with van der Waals surface area (Å²) in [6.45, 7) is 4.61. The van der Waals surface area contributed by atoms with Gasteiger partial charge in [0.2, 0.25) is 5.91 Å². The van der Waals surface area contributed by atoms with E-state index in [1.807, 2.05) is 19.1 Å². The summed E-state index contributed by atoms with van der Waals surface area (Å²) < 4.78 is 5.64. The van der Waals surface area contributed by atoms with Gasteiger partial charge in [0.1, 0.15) is 11.5 Å². The summed E-state index contributed by atoms with van der Waals surface area (Å²) in [5.74, 6) is 1.65. The number of aryl methyl sites for hydroxylation is 1. The Hall–Kier alpha value is -2.07. The van der Waals surface area contributed by atoms with Crippen LogP contribution in [0.2, 0.25) is 0 Å². The van der Waals surface area contributed by atoms with Crippen LogP contribution >= 0.6 is 0 Å². The van der Waals surface area contributed by atoms with Gasteiger partial charge in [0.05, 0.1) is 5.92 Å². The van der Waals surface area contributed by atoms with Crippen LogP contribution in [0.1, 0.15) is 24.2 Å². The molecular formula is C18H22N2O2. The van der Waals surface area contributed by atoms with Crippen molar-refractivity contribution in [1.82, 2.24) is 4.90 Å². The lowest BCUT2D eigenvalue weighted by atomic mass is 9.97. The molecule has 4 nitrogen and oxygen atoms in total. The molecule has 0 saturated carbocycles. The Bertz CT molecular complexity index is 645. The molecule has 0 radical (unpaired) electrons. The van der Waals surface area contributed by atoms with Gasteiger partial charge in [-0.05, 0) is 44.0 Å². The van der Waals surface area contributed by atoms with E-state index in [9.17, 15) is 4.79 Å². The maximum absolute atomic E-state index is 11.3. The minimum Gasteiger partial charge on any atom is -0.461 e. The first-order chi connectivity index (χ1) is 10.6. The molecule has 0 spiro atoms. The molecule has 4 heteroatoms. The summed E-state index contributed by atoms with van der Waals surface area (Å²) in [6.07, 6.45) is 1.96. The zero-order valence-electron chi connectivity index (χ0n) is 12.9. The molecular weight excluding hydrogens is 276 g/mol. The fourth-order valence-electron chi connectivity index (χ4n) is 3.05. The van der Waals surface area contributed by atoms with Gasteiger partial charge in [0, 0.05) is 18.7 Å². The van der Waals surface area contributed by atoms with Gasteiger partial charge < -0.3 is 10.2 Å². The Kier molecular flexibility index (Phi) is 4.29. The van der Waals surface area contributed by atoms with Crippen LogP contribution in [0.5, 0.6) is 0 Å². The lowest BCUT2D eigenvalue weighted by Gasteiger charge is -2.31. The molecule has 2 N–H and O–H groups in total. The number of primary amides is 1. The van der Waals surface area contributed by atoms with Crippen LogP contribution in [0.25, 0.3) is 11.3 Å². The highest BCUT2D eigenvalue weighted by Crippen LogP contribution is 2.23. The Morgan fingerprint density at radius 1 is 1.27 bits per heavy atom. The first kappa shape index (κ1) is 14.9. The van der Waals surface area contributed by atoms with Crippen LogP contribution in [-0.2, 0) is 11.3 Å².